The van der Waals surface area contributed by atoms with Crippen molar-refractivity contribution in [3.05, 3.63) is 30.1 Å². The van der Waals surface area contributed by atoms with E-state index in [0.717, 1.165) is 38.2 Å². The average Bonchev–Trinajstić information content (AvgIpc) is 2.51. The predicted octanol–water partition coefficient (Wildman–Crippen LogP) is 0.728. The fourth-order valence-electron chi connectivity index (χ4n) is 2.47. The minimum atomic E-state index is -0.133. The average molecular weight is 292 g/mol. The van der Waals surface area contributed by atoms with E-state index in [1.54, 1.807) is 0 Å². The highest BCUT2D eigenvalue weighted by atomic mass is 16.3. The monoisotopic (exact) mass is 292 g/mol. The summed E-state index contributed by atoms with van der Waals surface area (Å²) in [7, 11) is 0. The molecule has 0 aromatic carbocycles. The number of amides is 2. The number of nitrogens with one attached hydrogen (secondary N) is 2. The van der Waals surface area contributed by atoms with Gasteiger partial charge in [0.05, 0.1) is 5.69 Å². The number of carbonyl (C=O) groups excluding carboxylic acids is 1. The zero-order valence-electron chi connectivity index (χ0n) is 12.3. The second-order valence-corrected chi connectivity index (χ2v) is 5.35. The summed E-state index contributed by atoms with van der Waals surface area (Å²) >= 11 is 0. The molecule has 6 nitrogen and oxygen atoms in total. The zero-order valence-corrected chi connectivity index (χ0v) is 12.3. The molecule has 0 radical (unpaired) electrons. The third-order valence-corrected chi connectivity index (χ3v) is 3.65. The highest BCUT2D eigenvalue weighted by molar-refractivity contribution is 5.74. The lowest BCUT2D eigenvalue weighted by Gasteiger charge is -2.32. The van der Waals surface area contributed by atoms with Crippen LogP contribution < -0.4 is 10.6 Å². The summed E-state index contributed by atoms with van der Waals surface area (Å²) in [6.07, 6.45) is 4.33. The van der Waals surface area contributed by atoms with Crippen molar-refractivity contribution in [1.29, 1.82) is 0 Å². The van der Waals surface area contributed by atoms with Gasteiger partial charge >= 0.3 is 6.03 Å². The normalized spacial score (nSPS) is 16.6. The van der Waals surface area contributed by atoms with E-state index in [9.17, 15) is 4.79 Å². The second-order valence-electron chi connectivity index (χ2n) is 5.35. The standard InChI is InChI=1S/C15H24N4O2/c20-11-3-8-17-15(21)18-13-5-9-19(10-6-13)12-14-4-1-2-7-16-14/h1-2,4,7,13,20H,3,5-6,8-12H2,(H2,17,18,21). The van der Waals surface area contributed by atoms with E-state index < -0.39 is 0 Å². The molecule has 2 heterocycles. The Kier molecular flexibility index (Phi) is 6.43. The lowest BCUT2D eigenvalue weighted by Crippen LogP contribution is -2.47. The fourth-order valence-corrected chi connectivity index (χ4v) is 2.47. The number of aromatic nitrogens is 1. The van der Waals surface area contributed by atoms with Gasteiger partial charge in [0.15, 0.2) is 0 Å². The molecule has 1 saturated heterocycles. The zero-order chi connectivity index (χ0) is 14.9. The molecule has 0 aliphatic carbocycles. The summed E-state index contributed by atoms with van der Waals surface area (Å²) in [6.45, 7) is 3.43. The van der Waals surface area contributed by atoms with Gasteiger partial charge in [0.25, 0.3) is 0 Å². The third kappa shape index (κ3) is 5.69. The molecule has 1 fully saturated rings. The maximum absolute atomic E-state index is 11.6. The highest BCUT2D eigenvalue weighted by Gasteiger charge is 2.20. The quantitative estimate of drug-likeness (QED) is 0.676. The molecule has 1 aliphatic rings. The highest BCUT2D eigenvalue weighted by Crippen LogP contribution is 2.12. The first kappa shape index (κ1) is 15.7. The number of urea groups is 1. The number of likely N-dealkylation sites (tertiary alicyclic amines) is 1. The summed E-state index contributed by atoms with van der Waals surface area (Å²) in [5, 5.41) is 14.4. The van der Waals surface area contributed by atoms with Gasteiger partial charge in [-0.1, -0.05) is 6.07 Å². The minimum Gasteiger partial charge on any atom is -0.396 e. The molecule has 3 N–H and O–H groups in total. The van der Waals surface area contributed by atoms with Gasteiger partial charge in [0, 0.05) is 45.0 Å². The van der Waals surface area contributed by atoms with E-state index in [1.807, 2.05) is 24.4 Å². The molecule has 1 aromatic heterocycles. The molecule has 0 unspecified atom stereocenters. The summed E-state index contributed by atoms with van der Waals surface area (Å²) < 4.78 is 0. The Bertz CT molecular complexity index is 419. The first-order valence-electron chi connectivity index (χ1n) is 7.55. The summed E-state index contributed by atoms with van der Waals surface area (Å²) in [5.41, 5.74) is 1.09. The first-order chi connectivity index (χ1) is 10.3. The molecule has 0 spiro atoms. The first-order valence-corrected chi connectivity index (χ1v) is 7.55. The van der Waals surface area contributed by atoms with E-state index in [4.69, 9.17) is 5.11 Å². The molecule has 1 aliphatic heterocycles. The van der Waals surface area contributed by atoms with Gasteiger partial charge in [-0.15, -0.1) is 0 Å². The molecule has 2 rings (SSSR count). The number of nitrogens with zero attached hydrogens (tertiary/aromatic N) is 2. The number of pyridine rings is 1. The van der Waals surface area contributed by atoms with Crippen molar-refractivity contribution in [3.8, 4) is 0 Å². The van der Waals surface area contributed by atoms with Crippen molar-refractivity contribution < 1.29 is 9.90 Å². The Labute approximate surface area is 125 Å². The van der Waals surface area contributed by atoms with E-state index in [0.29, 0.717) is 13.0 Å². The maximum Gasteiger partial charge on any atom is 0.315 e. The van der Waals surface area contributed by atoms with Crippen LogP contribution in [0.2, 0.25) is 0 Å². The Balaban J connectivity index is 1.65. The van der Waals surface area contributed by atoms with Gasteiger partial charge in [-0.3, -0.25) is 9.88 Å². The molecular weight excluding hydrogens is 268 g/mol. The molecule has 21 heavy (non-hydrogen) atoms. The van der Waals surface area contributed by atoms with Crippen LogP contribution in [-0.2, 0) is 6.54 Å². The number of piperidine rings is 1. The van der Waals surface area contributed by atoms with Crippen LogP contribution in [0.15, 0.2) is 24.4 Å². The van der Waals surface area contributed by atoms with Crippen molar-refractivity contribution >= 4 is 6.03 Å². The van der Waals surface area contributed by atoms with Crippen LogP contribution >= 0.6 is 0 Å². The molecule has 0 atom stereocenters. The van der Waals surface area contributed by atoms with Crippen molar-refractivity contribution in [2.75, 3.05) is 26.2 Å². The van der Waals surface area contributed by atoms with E-state index in [1.165, 1.54) is 0 Å². The van der Waals surface area contributed by atoms with Gasteiger partial charge < -0.3 is 15.7 Å². The molecule has 1 aromatic rings. The van der Waals surface area contributed by atoms with Crippen LogP contribution in [0.4, 0.5) is 4.79 Å². The molecule has 116 valence electrons. The van der Waals surface area contributed by atoms with Crippen molar-refractivity contribution in [3.63, 3.8) is 0 Å². The Morgan fingerprint density at radius 1 is 1.38 bits per heavy atom. The molecule has 0 saturated carbocycles. The van der Waals surface area contributed by atoms with Crippen LogP contribution in [0.5, 0.6) is 0 Å². The molecule has 6 heteroatoms. The number of hydrogen-bond donors (Lipinski definition) is 3. The predicted molar refractivity (Wildman–Crippen MR) is 80.8 cm³/mol. The summed E-state index contributed by atoms with van der Waals surface area (Å²) in [5.74, 6) is 0. The third-order valence-electron chi connectivity index (χ3n) is 3.65. The van der Waals surface area contributed by atoms with Crippen molar-refractivity contribution in [1.82, 2.24) is 20.5 Å². The Hall–Kier alpha value is -1.66. The van der Waals surface area contributed by atoms with Gasteiger partial charge in [0.2, 0.25) is 0 Å². The van der Waals surface area contributed by atoms with Crippen LogP contribution in [0.25, 0.3) is 0 Å². The number of aliphatic hydroxyl groups excluding tert-OH is 1. The van der Waals surface area contributed by atoms with Crippen molar-refractivity contribution in [2.45, 2.75) is 31.8 Å². The maximum atomic E-state index is 11.6. The molecule has 0 bridgehead atoms. The summed E-state index contributed by atoms with van der Waals surface area (Å²) in [4.78, 5) is 18.3. The second kappa shape index (κ2) is 8.59. The molecule has 2 amide bonds. The van der Waals surface area contributed by atoms with Crippen LogP contribution in [0.1, 0.15) is 25.0 Å². The fraction of sp³-hybridized carbons (Fsp3) is 0.600. The minimum absolute atomic E-state index is 0.103. The van der Waals surface area contributed by atoms with Crippen LogP contribution in [-0.4, -0.2) is 53.3 Å². The van der Waals surface area contributed by atoms with Gasteiger partial charge in [-0.25, -0.2) is 4.79 Å². The topological polar surface area (TPSA) is 77.5 Å². The Morgan fingerprint density at radius 2 is 2.19 bits per heavy atom. The smallest absolute Gasteiger partial charge is 0.315 e. The van der Waals surface area contributed by atoms with E-state index in [-0.39, 0.29) is 18.7 Å². The van der Waals surface area contributed by atoms with Crippen LogP contribution in [0.3, 0.4) is 0 Å². The lowest BCUT2D eigenvalue weighted by atomic mass is 10.1. The van der Waals surface area contributed by atoms with Gasteiger partial charge in [0.1, 0.15) is 0 Å². The van der Waals surface area contributed by atoms with Gasteiger partial charge in [-0.05, 0) is 31.4 Å². The summed E-state index contributed by atoms with van der Waals surface area (Å²) in [6, 6.07) is 6.08. The number of aliphatic hydroxyl groups is 1. The van der Waals surface area contributed by atoms with Crippen LogP contribution in [0, 0.1) is 0 Å². The Morgan fingerprint density at radius 3 is 2.86 bits per heavy atom. The largest absolute Gasteiger partial charge is 0.396 e. The SMILES string of the molecule is O=C(NCCCO)NC1CCN(Cc2ccccn2)CC1. The molecular formula is C15H24N4O2. The number of carbonyl (C=O) groups is 1. The lowest BCUT2D eigenvalue weighted by molar-refractivity contribution is 0.185. The number of rotatable bonds is 6. The van der Waals surface area contributed by atoms with E-state index >= 15 is 0 Å². The van der Waals surface area contributed by atoms with E-state index in [2.05, 4.69) is 20.5 Å². The number of hydrogen-bond acceptors (Lipinski definition) is 4. The van der Waals surface area contributed by atoms with Gasteiger partial charge in [-0.2, -0.15) is 0 Å². The van der Waals surface area contributed by atoms with Crippen molar-refractivity contribution in [2.24, 2.45) is 0 Å².